The summed E-state index contributed by atoms with van der Waals surface area (Å²) in [6.45, 7) is 7.89. The molecule has 0 N–H and O–H groups in total. The van der Waals surface area contributed by atoms with Crippen LogP contribution in [0.1, 0.15) is 25.3 Å². The molecule has 0 bridgehead atoms. The predicted molar refractivity (Wildman–Crippen MR) is 75.7 cm³/mol. The van der Waals surface area contributed by atoms with Crippen molar-refractivity contribution in [2.75, 3.05) is 13.1 Å². The van der Waals surface area contributed by atoms with Crippen LogP contribution in [0.3, 0.4) is 0 Å². The molecule has 1 saturated heterocycles. The summed E-state index contributed by atoms with van der Waals surface area (Å²) in [4.78, 5) is 13.8. The van der Waals surface area contributed by atoms with Crippen LogP contribution < -0.4 is 0 Å². The number of benzene rings is 1. The number of amides is 1. The monoisotopic (exact) mass is 259 g/mol. The van der Waals surface area contributed by atoms with Crippen LogP contribution in [-0.2, 0) is 11.3 Å². The second-order valence-electron chi connectivity index (χ2n) is 5.17. The van der Waals surface area contributed by atoms with Crippen LogP contribution in [0.4, 0.5) is 4.79 Å². The van der Waals surface area contributed by atoms with Gasteiger partial charge in [-0.25, -0.2) is 4.79 Å². The zero-order valence-electron chi connectivity index (χ0n) is 11.5. The van der Waals surface area contributed by atoms with E-state index >= 15 is 0 Å². The van der Waals surface area contributed by atoms with Crippen molar-refractivity contribution in [2.45, 2.75) is 26.4 Å². The number of hydrogen-bond acceptors (Lipinski definition) is 2. The summed E-state index contributed by atoms with van der Waals surface area (Å²) in [5.74, 6) is 0.415. The van der Waals surface area contributed by atoms with Crippen LogP contribution >= 0.6 is 0 Å². The van der Waals surface area contributed by atoms with Crippen molar-refractivity contribution >= 4 is 6.09 Å². The molecule has 1 atom stereocenters. The Kier molecular flexibility index (Phi) is 4.61. The lowest BCUT2D eigenvalue weighted by Crippen LogP contribution is -2.40. The molecule has 2 rings (SSSR count). The van der Waals surface area contributed by atoms with Crippen molar-refractivity contribution in [1.29, 1.82) is 0 Å². The lowest BCUT2D eigenvalue weighted by molar-refractivity contribution is 0.0827. The van der Waals surface area contributed by atoms with Crippen LogP contribution in [0.25, 0.3) is 0 Å². The fourth-order valence-corrected chi connectivity index (χ4v) is 2.36. The largest absolute Gasteiger partial charge is 0.445 e. The maximum atomic E-state index is 12.0. The molecular weight excluding hydrogens is 238 g/mol. The number of carbonyl (C=O) groups excluding carboxylic acids is 1. The molecule has 102 valence electrons. The first-order chi connectivity index (χ1) is 9.16. The number of nitrogens with zero attached hydrogens (tertiary/aromatic N) is 1. The highest BCUT2D eigenvalue weighted by atomic mass is 16.6. The molecule has 0 spiro atoms. The third-order valence-corrected chi connectivity index (χ3v) is 3.58. The van der Waals surface area contributed by atoms with Gasteiger partial charge in [-0.15, -0.1) is 0 Å². The van der Waals surface area contributed by atoms with Crippen molar-refractivity contribution in [2.24, 2.45) is 5.92 Å². The molecule has 3 nitrogen and oxygen atoms in total. The number of piperidine rings is 1. The molecule has 1 heterocycles. The minimum Gasteiger partial charge on any atom is -0.445 e. The SMILES string of the molecule is C=C(C)[C@H]1CCCN(C(=O)OCc2ccccc2)C1. The molecule has 1 amide bonds. The fraction of sp³-hybridized carbons (Fsp3) is 0.438. The molecule has 1 fully saturated rings. The molecule has 1 aromatic carbocycles. The second kappa shape index (κ2) is 6.41. The first-order valence-electron chi connectivity index (χ1n) is 6.78. The van der Waals surface area contributed by atoms with Crippen molar-refractivity contribution in [3.05, 3.63) is 48.0 Å². The van der Waals surface area contributed by atoms with E-state index in [0.717, 1.165) is 37.1 Å². The zero-order valence-corrected chi connectivity index (χ0v) is 11.5. The Hall–Kier alpha value is -1.77. The summed E-state index contributed by atoms with van der Waals surface area (Å²) in [5.41, 5.74) is 2.17. The first-order valence-corrected chi connectivity index (χ1v) is 6.78. The maximum Gasteiger partial charge on any atom is 0.410 e. The summed E-state index contributed by atoms with van der Waals surface area (Å²) >= 11 is 0. The van der Waals surface area contributed by atoms with E-state index in [1.54, 1.807) is 4.90 Å². The summed E-state index contributed by atoms with van der Waals surface area (Å²) in [6.07, 6.45) is 1.94. The van der Waals surface area contributed by atoms with E-state index in [9.17, 15) is 4.79 Å². The molecule has 0 saturated carbocycles. The van der Waals surface area contributed by atoms with Crippen LogP contribution in [0.5, 0.6) is 0 Å². The van der Waals surface area contributed by atoms with E-state index in [-0.39, 0.29) is 6.09 Å². The quantitative estimate of drug-likeness (QED) is 0.776. The van der Waals surface area contributed by atoms with Gasteiger partial charge in [0, 0.05) is 13.1 Å². The van der Waals surface area contributed by atoms with Gasteiger partial charge in [0.1, 0.15) is 6.61 Å². The van der Waals surface area contributed by atoms with Crippen molar-refractivity contribution in [3.63, 3.8) is 0 Å². The van der Waals surface area contributed by atoms with Crippen molar-refractivity contribution in [1.82, 2.24) is 4.90 Å². The second-order valence-corrected chi connectivity index (χ2v) is 5.17. The average molecular weight is 259 g/mol. The lowest BCUT2D eigenvalue weighted by atomic mass is 9.92. The van der Waals surface area contributed by atoms with Crippen LogP contribution in [0, 0.1) is 5.92 Å². The van der Waals surface area contributed by atoms with E-state index in [0.29, 0.717) is 12.5 Å². The molecule has 1 aromatic rings. The smallest absolute Gasteiger partial charge is 0.410 e. The van der Waals surface area contributed by atoms with Crippen LogP contribution in [0.2, 0.25) is 0 Å². The first kappa shape index (κ1) is 13.7. The van der Waals surface area contributed by atoms with E-state index in [1.165, 1.54) is 0 Å². The maximum absolute atomic E-state index is 12.0. The number of rotatable bonds is 3. The van der Waals surface area contributed by atoms with Crippen molar-refractivity contribution < 1.29 is 9.53 Å². The number of hydrogen-bond donors (Lipinski definition) is 0. The highest BCUT2D eigenvalue weighted by Crippen LogP contribution is 2.22. The van der Waals surface area contributed by atoms with Gasteiger partial charge in [-0.1, -0.05) is 42.5 Å². The molecule has 0 aliphatic carbocycles. The highest BCUT2D eigenvalue weighted by molar-refractivity contribution is 5.67. The Morgan fingerprint density at radius 3 is 2.84 bits per heavy atom. The highest BCUT2D eigenvalue weighted by Gasteiger charge is 2.24. The molecule has 0 aromatic heterocycles. The Bertz CT molecular complexity index is 441. The molecule has 0 unspecified atom stereocenters. The summed E-state index contributed by atoms with van der Waals surface area (Å²) in [7, 11) is 0. The van der Waals surface area contributed by atoms with Crippen LogP contribution in [-0.4, -0.2) is 24.1 Å². The number of likely N-dealkylation sites (tertiary alicyclic amines) is 1. The molecule has 19 heavy (non-hydrogen) atoms. The lowest BCUT2D eigenvalue weighted by Gasteiger charge is -2.32. The Balaban J connectivity index is 1.84. The standard InChI is InChI=1S/C16H21NO2/c1-13(2)15-9-6-10-17(11-15)16(18)19-12-14-7-4-3-5-8-14/h3-5,7-8,15H,1,6,9-12H2,2H3/t15-/m0/s1. The van der Waals surface area contributed by atoms with Crippen LogP contribution in [0.15, 0.2) is 42.5 Å². The summed E-state index contributed by atoms with van der Waals surface area (Å²) < 4.78 is 5.35. The van der Waals surface area contributed by atoms with E-state index < -0.39 is 0 Å². The van der Waals surface area contributed by atoms with Gasteiger partial charge < -0.3 is 9.64 Å². The average Bonchev–Trinajstić information content (AvgIpc) is 2.46. The normalized spacial score (nSPS) is 19.0. The van der Waals surface area contributed by atoms with Crippen molar-refractivity contribution in [3.8, 4) is 0 Å². The molecule has 0 radical (unpaired) electrons. The van der Waals surface area contributed by atoms with Gasteiger partial charge in [0.2, 0.25) is 0 Å². The molecule has 1 aliphatic rings. The van der Waals surface area contributed by atoms with E-state index in [1.807, 2.05) is 37.3 Å². The van der Waals surface area contributed by atoms with Gasteiger partial charge in [0.15, 0.2) is 0 Å². The number of carbonyl (C=O) groups is 1. The van der Waals surface area contributed by atoms with Gasteiger partial charge in [-0.3, -0.25) is 0 Å². The van der Waals surface area contributed by atoms with Gasteiger partial charge >= 0.3 is 6.09 Å². The Morgan fingerprint density at radius 2 is 2.16 bits per heavy atom. The minimum atomic E-state index is -0.213. The summed E-state index contributed by atoms with van der Waals surface area (Å²) in [5, 5.41) is 0. The predicted octanol–water partition coefficient (Wildman–Crippen LogP) is 3.61. The minimum absolute atomic E-state index is 0.213. The van der Waals surface area contributed by atoms with Gasteiger partial charge in [0.05, 0.1) is 0 Å². The molecule has 1 aliphatic heterocycles. The van der Waals surface area contributed by atoms with Gasteiger partial charge in [-0.2, -0.15) is 0 Å². The molecular formula is C16H21NO2. The topological polar surface area (TPSA) is 29.5 Å². The van der Waals surface area contributed by atoms with Gasteiger partial charge in [-0.05, 0) is 31.2 Å². The number of ether oxygens (including phenoxy) is 1. The zero-order chi connectivity index (χ0) is 13.7. The van der Waals surface area contributed by atoms with E-state index in [4.69, 9.17) is 4.74 Å². The third-order valence-electron chi connectivity index (χ3n) is 3.58. The molecule has 3 heteroatoms. The Morgan fingerprint density at radius 1 is 1.42 bits per heavy atom. The van der Waals surface area contributed by atoms with Gasteiger partial charge in [0.25, 0.3) is 0 Å². The third kappa shape index (κ3) is 3.85. The van der Waals surface area contributed by atoms with E-state index in [2.05, 4.69) is 6.58 Å². The fourth-order valence-electron chi connectivity index (χ4n) is 2.36. The Labute approximate surface area is 114 Å². The summed E-state index contributed by atoms with van der Waals surface area (Å²) in [6, 6.07) is 9.76.